The SMILES string of the molecule is O=C(O)CC(c1cc(F)c(F)cc1Cl)C(F)F. The molecule has 1 atom stereocenters. The highest BCUT2D eigenvalue weighted by atomic mass is 35.5. The molecule has 1 aromatic rings. The first-order valence-corrected chi connectivity index (χ1v) is 4.85. The zero-order chi connectivity index (χ0) is 13.2. The predicted octanol–water partition coefficient (Wildman–Crippen LogP) is 3.44. The van der Waals surface area contributed by atoms with E-state index in [-0.39, 0.29) is 0 Å². The fourth-order valence-corrected chi connectivity index (χ4v) is 1.64. The van der Waals surface area contributed by atoms with Crippen molar-refractivity contribution in [2.75, 3.05) is 0 Å². The van der Waals surface area contributed by atoms with E-state index >= 15 is 0 Å². The number of carbonyl (C=O) groups is 1. The number of carboxylic acid groups (broad SMARTS) is 1. The Hall–Kier alpha value is -1.30. The number of halogens is 5. The van der Waals surface area contributed by atoms with Crippen molar-refractivity contribution in [1.29, 1.82) is 0 Å². The molecular weight excluding hydrogens is 264 g/mol. The molecule has 17 heavy (non-hydrogen) atoms. The van der Waals surface area contributed by atoms with Gasteiger partial charge in [0.2, 0.25) is 6.43 Å². The van der Waals surface area contributed by atoms with Gasteiger partial charge in [0.05, 0.1) is 12.3 Å². The van der Waals surface area contributed by atoms with Gasteiger partial charge in [-0.3, -0.25) is 4.79 Å². The molecule has 0 aliphatic carbocycles. The smallest absolute Gasteiger partial charge is 0.304 e. The second kappa shape index (κ2) is 5.35. The van der Waals surface area contributed by atoms with Crippen LogP contribution in [-0.4, -0.2) is 17.5 Å². The van der Waals surface area contributed by atoms with Crippen LogP contribution in [-0.2, 0) is 4.79 Å². The van der Waals surface area contributed by atoms with Crippen LogP contribution in [0.2, 0.25) is 5.02 Å². The Balaban J connectivity index is 3.18. The van der Waals surface area contributed by atoms with E-state index in [2.05, 4.69) is 0 Å². The highest BCUT2D eigenvalue weighted by Crippen LogP contribution is 2.33. The van der Waals surface area contributed by atoms with Gasteiger partial charge in [0.15, 0.2) is 11.6 Å². The molecule has 0 amide bonds. The van der Waals surface area contributed by atoms with Crippen LogP contribution < -0.4 is 0 Å². The van der Waals surface area contributed by atoms with Gasteiger partial charge in [-0.1, -0.05) is 11.6 Å². The molecule has 0 aliphatic rings. The van der Waals surface area contributed by atoms with Crippen molar-refractivity contribution in [1.82, 2.24) is 0 Å². The van der Waals surface area contributed by atoms with E-state index < -0.39 is 47.0 Å². The second-order valence-electron chi connectivity index (χ2n) is 3.33. The molecule has 0 saturated heterocycles. The quantitative estimate of drug-likeness (QED) is 0.672. The minimum Gasteiger partial charge on any atom is -0.481 e. The second-order valence-corrected chi connectivity index (χ2v) is 3.73. The molecule has 2 nitrogen and oxygen atoms in total. The molecule has 0 bridgehead atoms. The van der Waals surface area contributed by atoms with E-state index in [0.717, 1.165) is 0 Å². The van der Waals surface area contributed by atoms with E-state index in [4.69, 9.17) is 16.7 Å². The highest BCUT2D eigenvalue weighted by molar-refractivity contribution is 6.31. The summed E-state index contributed by atoms with van der Waals surface area (Å²) in [5.74, 6) is -5.87. The van der Waals surface area contributed by atoms with Crippen LogP contribution in [0.25, 0.3) is 0 Å². The van der Waals surface area contributed by atoms with Crippen LogP contribution in [0, 0.1) is 11.6 Å². The van der Waals surface area contributed by atoms with Gasteiger partial charge in [0.1, 0.15) is 0 Å². The van der Waals surface area contributed by atoms with Gasteiger partial charge in [-0.2, -0.15) is 0 Å². The minimum absolute atomic E-state index is 0.414. The van der Waals surface area contributed by atoms with Crippen LogP contribution in [0.4, 0.5) is 17.6 Å². The molecule has 0 fully saturated rings. The first-order chi connectivity index (χ1) is 7.82. The molecule has 0 radical (unpaired) electrons. The molecule has 0 aromatic heterocycles. The Morgan fingerprint density at radius 2 is 1.82 bits per heavy atom. The van der Waals surface area contributed by atoms with Crippen molar-refractivity contribution in [3.05, 3.63) is 34.4 Å². The molecule has 7 heteroatoms. The summed E-state index contributed by atoms with van der Waals surface area (Å²) in [4.78, 5) is 10.4. The van der Waals surface area contributed by atoms with Crippen LogP contribution in [0.15, 0.2) is 12.1 Å². The molecule has 0 aliphatic heterocycles. The molecular formula is C10H7ClF4O2. The monoisotopic (exact) mass is 270 g/mol. The third-order valence-corrected chi connectivity index (χ3v) is 2.47. The third-order valence-electron chi connectivity index (χ3n) is 2.14. The molecule has 1 aromatic carbocycles. The number of hydrogen-bond donors (Lipinski definition) is 1. The summed E-state index contributed by atoms with van der Waals surface area (Å²) in [6, 6.07) is 1.04. The van der Waals surface area contributed by atoms with Gasteiger partial charge >= 0.3 is 5.97 Å². The maximum Gasteiger partial charge on any atom is 0.304 e. The minimum atomic E-state index is -3.03. The van der Waals surface area contributed by atoms with E-state index in [1.54, 1.807) is 0 Å². The largest absolute Gasteiger partial charge is 0.481 e. The summed E-state index contributed by atoms with van der Waals surface area (Å²) in [6.45, 7) is 0. The van der Waals surface area contributed by atoms with Crippen LogP contribution >= 0.6 is 11.6 Å². The van der Waals surface area contributed by atoms with E-state index in [1.807, 2.05) is 0 Å². The van der Waals surface area contributed by atoms with E-state index in [0.29, 0.717) is 12.1 Å². The van der Waals surface area contributed by atoms with Gasteiger partial charge < -0.3 is 5.11 Å². The lowest BCUT2D eigenvalue weighted by Crippen LogP contribution is -2.15. The Bertz CT molecular complexity index is 437. The van der Waals surface area contributed by atoms with Crippen molar-refractivity contribution in [2.24, 2.45) is 0 Å². The standard InChI is InChI=1S/C10H7ClF4O2/c11-6-3-8(13)7(12)1-4(6)5(10(14)15)2-9(16)17/h1,3,5,10H,2H2,(H,16,17). The summed E-state index contributed by atoms with van der Waals surface area (Å²) in [5.41, 5.74) is -0.414. The van der Waals surface area contributed by atoms with Gasteiger partial charge in [-0.25, -0.2) is 17.6 Å². The molecule has 0 saturated carbocycles. The third kappa shape index (κ3) is 3.33. The van der Waals surface area contributed by atoms with Gasteiger partial charge in [0.25, 0.3) is 0 Å². The number of rotatable bonds is 4. The Morgan fingerprint density at radius 3 is 2.29 bits per heavy atom. The number of aliphatic carboxylic acids is 1. The van der Waals surface area contributed by atoms with Crippen molar-refractivity contribution in [3.63, 3.8) is 0 Å². The molecule has 94 valence electrons. The highest BCUT2D eigenvalue weighted by Gasteiger charge is 2.28. The average molecular weight is 271 g/mol. The number of carboxylic acids is 1. The summed E-state index contributed by atoms with van der Waals surface area (Å²) in [5, 5.41) is 8.04. The Kier molecular flexibility index (Phi) is 4.34. The topological polar surface area (TPSA) is 37.3 Å². The van der Waals surface area contributed by atoms with Crippen LogP contribution in [0.1, 0.15) is 17.9 Å². The predicted molar refractivity (Wildman–Crippen MR) is 52.4 cm³/mol. The zero-order valence-electron chi connectivity index (χ0n) is 8.26. The normalized spacial score (nSPS) is 12.8. The number of benzene rings is 1. The molecule has 1 rings (SSSR count). The maximum atomic E-state index is 12.9. The van der Waals surface area contributed by atoms with Gasteiger partial charge in [-0.15, -0.1) is 0 Å². The fraction of sp³-hybridized carbons (Fsp3) is 0.300. The molecule has 0 heterocycles. The van der Waals surface area contributed by atoms with Crippen LogP contribution in [0.3, 0.4) is 0 Å². The van der Waals surface area contributed by atoms with Gasteiger partial charge in [-0.05, 0) is 17.7 Å². The van der Waals surface area contributed by atoms with Crippen LogP contribution in [0.5, 0.6) is 0 Å². The first kappa shape index (κ1) is 13.8. The average Bonchev–Trinajstić information content (AvgIpc) is 2.20. The lowest BCUT2D eigenvalue weighted by Gasteiger charge is -2.16. The van der Waals surface area contributed by atoms with E-state index in [1.165, 1.54) is 0 Å². The maximum absolute atomic E-state index is 12.9. The lowest BCUT2D eigenvalue weighted by atomic mass is 9.96. The summed E-state index contributed by atoms with van der Waals surface area (Å²) >= 11 is 5.49. The lowest BCUT2D eigenvalue weighted by molar-refractivity contribution is -0.138. The zero-order valence-corrected chi connectivity index (χ0v) is 9.02. The molecule has 1 N–H and O–H groups in total. The number of alkyl halides is 2. The van der Waals surface area contributed by atoms with Gasteiger partial charge in [0, 0.05) is 5.02 Å². The van der Waals surface area contributed by atoms with Crippen molar-refractivity contribution >= 4 is 17.6 Å². The Labute approximate surface area is 98.8 Å². The van der Waals surface area contributed by atoms with E-state index in [9.17, 15) is 22.4 Å². The number of hydrogen-bond acceptors (Lipinski definition) is 1. The molecule has 0 spiro atoms. The summed E-state index contributed by atoms with van der Waals surface area (Å²) in [6.07, 6.45) is -3.95. The summed E-state index contributed by atoms with van der Waals surface area (Å²) < 4.78 is 50.9. The molecule has 1 unspecified atom stereocenters. The van der Waals surface area contributed by atoms with Crippen molar-refractivity contribution < 1.29 is 27.5 Å². The first-order valence-electron chi connectivity index (χ1n) is 4.47. The summed E-state index contributed by atoms with van der Waals surface area (Å²) in [7, 11) is 0. The fourth-order valence-electron chi connectivity index (χ4n) is 1.35. The van der Waals surface area contributed by atoms with Crippen molar-refractivity contribution in [2.45, 2.75) is 18.8 Å². The Morgan fingerprint density at radius 1 is 1.29 bits per heavy atom. The van der Waals surface area contributed by atoms with Crippen molar-refractivity contribution in [3.8, 4) is 0 Å².